The summed E-state index contributed by atoms with van der Waals surface area (Å²) in [5.41, 5.74) is 3.84. The number of anilines is 1. The molecule has 1 aliphatic heterocycles. The molecule has 0 bridgehead atoms. The third-order valence-corrected chi connectivity index (χ3v) is 6.61. The summed E-state index contributed by atoms with van der Waals surface area (Å²) >= 11 is 5.79. The SMILES string of the molecule is Fc1ccc(N2C(=S)N[C@@H](c3ccccn3)[C@@H]2c2cccn2-c2ccc3ccccc3c2)cc1. The van der Waals surface area contributed by atoms with Gasteiger partial charge in [0.25, 0.3) is 0 Å². The molecule has 0 aliphatic carbocycles. The maximum atomic E-state index is 13.7. The molecule has 0 saturated carbocycles. The number of aromatic nitrogens is 2. The summed E-state index contributed by atoms with van der Waals surface area (Å²) in [5, 5.41) is 6.42. The molecule has 34 heavy (non-hydrogen) atoms. The van der Waals surface area contributed by atoms with Gasteiger partial charge in [-0.25, -0.2) is 4.39 Å². The molecule has 0 amide bonds. The van der Waals surface area contributed by atoms with Crippen LogP contribution in [0.3, 0.4) is 0 Å². The van der Waals surface area contributed by atoms with Gasteiger partial charge in [-0.2, -0.15) is 0 Å². The molecule has 3 heterocycles. The third kappa shape index (κ3) is 3.53. The van der Waals surface area contributed by atoms with Gasteiger partial charge in [-0.3, -0.25) is 4.98 Å². The Morgan fingerprint density at radius 2 is 1.56 bits per heavy atom. The van der Waals surface area contributed by atoms with Crippen molar-refractivity contribution in [3.63, 3.8) is 0 Å². The number of benzene rings is 3. The molecule has 1 N–H and O–H groups in total. The van der Waals surface area contributed by atoms with Crippen LogP contribution < -0.4 is 10.2 Å². The van der Waals surface area contributed by atoms with E-state index in [0.717, 1.165) is 22.8 Å². The predicted octanol–water partition coefficient (Wildman–Crippen LogP) is 6.34. The zero-order chi connectivity index (χ0) is 23.1. The number of rotatable bonds is 4. The average Bonchev–Trinajstić information content (AvgIpc) is 3.49. The summed E-state index contributed by atoms with van der Waals surface area (Å²) in [6.45, 7) is 0. The molecule has 1 aliphatic rings. The fourth-order valence-corrected chi connectivity index (χ4v) is 5.08. The number of nitrogens with zero attached hydrogens (tertiary/aromatic N) is 3. The lowest BCUT2D eigenvalue weighted by Crippen LogP contribution is -2.30. The highest BCUT2D eigenvalue weighted by molar-refractivity contribution is 7.80. The topological polar surface area (TPSA) is 33.1 Å². The van der Waals surface area contributed by atoms with Crippen molar-refractivity contribution in [2.45, 2.75) is 12.1 Å². The average molecular weight is 465 g/mol. The van der Waals surface area contributed by atoms with Gasteiger partial charge < -0.3 is 14.8 Å². The van der Waals surface area contributed by atoms with Crippen LogP contribution in [0.25, 0.3) is 16.5 Å². The van der Waals surface area contributed by atoms with E-state index < -0.39 is 0 Å². The molecule has 5 aromatic rings. The van der Waals surface area contributed by atoms with Crippen molar-refractivity contribution in [2.75, 3.05) is 4.90 Å². The van der Waals surface area contributed by atoms with Gasteiger partial charge in [-0.15, -0.1) is 0 Å². The first-order chi connectivity index (χ1) is 16.7. The van der Waals surface area contributed by atoms with Crippen LogP contribution in [0.15, 0.2) is 109 Å². The van der Waals surface area contributed by atoms with Crippen molar-refractivity contribution < 1.29 is 4.39 Å². The van der Waals surface area contributed by atoms with Crippen molar-refractivity contribution in [3.8, 4) is 5.69 Å². The first kappa shape index (κ1) is 20.6. The van der Waals surface area contributed by atoms with E-state index >= 15 is 0 Å². The highest BCUT2D eigenvalue weighted by Gasteiger charge is 2.42. The monoisotopic (exact) mass is 464 g/mol. The molecule has 1 saturated heterocycles. The maximum absolute atomic E-state index is 13.7. The molecule has 0 unspecified atom stereocenters. The fraction of sp³-hybridized carbons (Fsp3) is 0.0714. The van der Waals surface area contributed by atoms with E-state index in [-0.39, 0.29) is 17.9 Å². The number of hydrogen-bond acceptors (Lipinski definition) is 2. The molecular formula is C28H21FN4S. The third-order valence-electron chi connectivity index (χ3n) is 6.30. The summed E-state index contributed by atoms with van der Waals surface area (Å²) in [4.78, 5) is 6.68. The van der Waals surface area contributed by atoms with E-state index in [1.807, 2.05) is 30.3 Å². The lowest BCUT2D eigenvalue weighted by molar-refractivity contribution is 0.549. The Balaban J connectivity index is 1.51. The molecule has 2 atom stereocenters. The van der Waals surface area contributed by atoms with Crippen LogP contribution in [0.2, 0.25) is 0 Å². The molecule has 0 spiro atoms. The molecule has 2 aromatic heterocycles. The minimum Gasteiger partial charge on any atom is -0.351 e. The van der Waals surface area contributed by atoms with Crippen molar-refractivity contribution >= 4 is 33.8 Å². The van der Waals surface area contributed by atoms with Crippen LogP contribution in [0.5, 0.6) is 0 Å². The highest BCUT2D eigenvalue weighted by Crippen LogP contribution is 2.42. The molecule has 6 rings (SSSR count). The first-order valence-corrected chi connectivity index (χ1v) is 11.5. The minimum absolute atomic E-state index is 0.173. The van der Waals surface area contributed by atoms with Gasteiger partial charge in [0.15, 0.2) is 5.11 Å². The minimum atomic E-state index is -0.279. The number of pyridine rings is 1. The van der Waals surface area contributed by atoms with E-state index in [1.165, 1.54) is 22.9 Å². The largest absolute Gasteiger partial charge is 0.351 e. The quantitative estimate of drug-likeness (QED) is 0.315. The number of fused-ring (bicyclic) bond motifs is 1. The lowest BCUT2D eigenvalue weighted by Gasteiger charge is -2.29. The molecule has 3 aromatic carbocycles. The van der Waals surface area contributed by atoms with Crippen LogP contribution in [-0.4, -0.2) is 14.7 Å². The smallest absolute Gasteiger partial charge is 0.174 e. The van der Waals surface area contributed by atoms with Crippen LogP contribution in [0, 0.1) is 5.82 Å². The Labute approximate surface area is 202 Å². The van der Waals surface area contributed by atoms with Crippen molar-refractivity contribution in [3.05, 3.63) is 127 Å². The maximum Gasteiger partial charge on any atom is 0.174 e. The predicted molar refractivity (Wildman–Crippen MR) is 138 cm³/mol. The Morgan fingerprint density at radius 3 is 2.35 bits per heavy atom. The molecule has 1 fully saturated rings. The van der Waals surface area contributed by atoms with Gasteiger partial charge >= 0.3 is 0 Å². The molecule has 6 heteroatoms. The van der Waals surface area contributed by atoms with Crippen molar-refractivity contribution in [1.29, 1.82) is 0 Å². The molecule has 0 radical (unpaired) electrons. The number of nitrogens with one attached hydrogen (secondary N) is 1. The molecular weight excluding hydrogens is 443 g/mol. The Morgan fingerprint density at radius 1 is 0.794 bits per heavy atom. The van der Waals surface area contributed by atoms with Gasteiger partial charge in [-0.05, 0) is 83.7 Å². The Kier molecular flexibility index (Phi) is 5.08. The highest BCUT2D eigenvalue weighted by atomic mass is 32.1. The fourth-order valence-electron chi connectivity index (χ4n) is 4.73. The van der Waals surface area contributed by atoms with Crippen molar-refractivity contribution in [1.82, 2.24) is 14.9 Å². The number of halogens is 1. The van der Waals surface area contributed by atoms with Gasteiger partial charge in [0.1, 0.15) is 11.9 Å². The molecule has 166 valence electrons. The second-order valence-corrected chi connectivity index (χ2v) is 8.69. The first-order valence-electron chi connectivity index (χ1n) is 11.1. The van der Waals surface area contributed by atoms with Crippen LogP contribution >= 0.6 is 12.2 Å². The Hall–Kier alpha value is -4.03. The van der Waals surface area contributed by atoms with Crippen LogP contribution in [0.1, 0.15) is 23.5 Å². The summed E-state index contributed by atoms with van der Waals surface area (Å²) in [6.07, 6.45) is 3.86. The van der Waals surface area contributed by atoms with Gasteiger partial charge in [0, 0.05) is 29.5 Å². The summed E-state index contributed by atoms with van der Waals surface area (Å²) in [7, 11) is 0. The second-order valence-electron chi connectivity index (χ2n) is 8.31. The van der Waals surface area contributed by atoms with E-state index in [4.69, 9.17) is 12.2 Å². The summed E-state index contributed by atoms with van der Waals surface area (Å²) < 4.78 is 15.9. The zero-order valence-electron chi connectivity index (χ0n) is 18.2. The van der Waals surface area contributed by atoms with Crippen LogP contribution in [-0.2, 0) is 0 Å². The van der Waals surface area contributed by atoms with Gasteiger partial charge in [0.05, 0.1) is 11.7 Å². The summed E-state index contributed by atoms with van der Waals surface area (Å²) in [5.74, 6) is -0.279. The standard InChI is InChI=1S/C28H21FN4S/c29-21-11-14-22(15-12-21)33-27(26(31-28(33)34)24-8-3-4-16-30-24)25-9-5-17-32(25)23-13-10-19-6-1-2-7-20(19)18-23/h1-18,26-27H,(H,31,34)/t26-,27-/m0/s1. The second kappa shape index (κ2) is 8.39. The van der Waals surface area contributed by atoms with Gasteiger partial charge in [0.2, 0.25) is 0 Å². The lowest BCUT2D eigenvalue weighted by atomic mass is 10.0. The van der Waals surface area contributed by atoms with Gasteiger partial charge in [-0.1, -0.05) is 36.4 Å². The van der Waals surface area contributed by atoms with Crippen LogP contribution in [0.4, 0.5) is 10.1 Å². The summed E-state index contributed by atoms with van der Waals surface area (Å²) in [6, 6.07) is 30.9. The normalized spacial score (nSPS) is 17.8. The molecule has 4 nitrogen and oxygen atoms in total. The zero-order valence-corrected chi connectivity index (χ0v) is 19.0. The van der Waals surface area contributed by atoms with Crippen molar-refractivity contribution in [2.24, 2.45) is 0 Å². The number of hydrogen-bond donors (Lipinski definition) is 1. The van der Waals surface area contributed by atoms with E-state index in [0.29, 0.717) is 5.11 Å². The van der Waals surface area contributed by atoms with E-state index in [2.05, 4.69) is 68.4 Å². The number of thiocarbonyl (C=S) groups is 1. The van der Waals surface area contributed by atoms with E-state index in [9.17, 15) is 4.39 Å². The van der Waals surface area contributed by atoms with E-state index in [1.54, 1.807) is 18.3 Å². The Bertz CT molecular complexity index is 1480.